The van der Waals surface area contributed by atoms with Gasteiger partial charge >= 0.3 is 0 Å². The Morgan fingerprint density at radius 2 is 0.356 bits per heavy atom. The van der Waals surface area contributed by atoms with Gasteiger partial charge in [0.15, 0.2) is 0 Å². The lowest BCUT2D eigenvalue weighted by atomic mass is 9.80. The second-order valence-corrected chi connectivity index (χ2v) is 29.9. The van der Waals surface area contributed by atoms with Gasteiger partial charge in [0.2, 0.25) is 0 Å². The van der Waals surface area contributed by atoms with Gasteiger partial charge in [0.05, 0.1) is 0 Å². The van der Waals surface area contributed by atoms with E-state index in [4.69, 9.17) is 0 Å². The standard InChI is InChI=1S/C24H30.5C16H14/c1-11-12(2)16(6)22-20(10)24-18(8)14(4)13(3)17(7)23(24)19(9)21(22)15(11)5;1-11-3-7-15-13(9-11)5-6-14-10-12(2)4-8-16(14)15;1-11-3-5-13-10-16-8-12(2)4-6-14(16)9-15(13)7-11;1-11-5-3-7-15-13(11)9-10-14-12(2)6-4-8-16(14)15;1-11-13-7-3-5-9-15(13)12(2)16-10-6-4-8-14(11)16;1-11-12(2)14-8-4-6-10-16(14)15-9-5-3-7-13(11)15/h1-10H3;5*3-10H,1-2H3. The number of aryl methyl sites for hydroxylation is 16. The zero-order chi connectivity index (χ0) is 73.7. The lowest BCUT2D eigenvalue weighted by Gasteiger charge is -2.24. The summed E-state index contributed by atoms with van der Waals surface area (Å²) in [6, 6.07) is 87.6. The Bertz CT molecular complexity index is 5870. The lowest BCUT2D eigenvalue weighted by molar-refractivity contribution is 1.22. The zero-order valence-electron chi connectivity index (χ0n) is 65.1. The fourth-order valence-corrected chi connectivity index (χ4v) is 16.8. The largest absolute Gasteiger partial charge is 0.0616 e. The molecule has 0 atom stereocenters. The van der Waals surface area contributed by atoms with E-state index in [1.807, 2.05) is 0 Å². The predicted octanol–water partition coefficient (Wildman–Crippen LogP) is 30.1. The van der Waals surface area contributed by atoms with E-state index < -0.39 is 0 Å². The average Bonchev–Trinajstić information content (AvgIpc) is 0.716. The molecule has 18 aromatic rings. The number of hydrogen-bond donors (Lipinski definition) is 0. The van der Waals surface area contributed by atoms with Crippen LogP contribution in [0.15, 0.2) is 243 Å². The predicted molar refractivity (Wildman–Crippen MR) is 463 cm³/mol. The van der Waals surface area contributed by atoms with Crippen molar-refractivity contribution in [2.75, 3.05) is 0 Å². The summed E-state index contributed by atoms with van der Waals surface area (Å²) in [5, 5.41) is 33.0. The Morgan fingerprint density at radius 1 is 0.125 bits per heavy atom. The summed E-state index contributed by atoms with van der Waals surface area (Å²) < 4.78 is 0. The van der Waals surface area contributed by atoms with Gasteiger partial charge < -0.3 is 0 Å². The van der Waals surface area contributed by atoms with Crippen LogP contribution in [0.1, 0.15) is 111 Å². The van der Waals surface area contributed by atoms with Gasteiger partial charge in [-0.15, -0.1) is 0 Å². The fraction of sp³-hybridized carbons (Fsp3) is 0.192. The van der Waals surface area contributed by atoms with Crippen molar-refractivity contribution in [1.29, 1.82) is 0 Å². The molecule has 0 spiro atoms. The van der Waals surface area contributed by atoms with Crippen LogP contribution in [0.2, 0.25) is 0 Å². The molecule has 104 heavy (non-hydrogen) atoms. The van der Waals surface area contributed by atoms with Crippen LogP contribution >= 0.6 is 0 Å². The minimum atomic E-state index is 1.32. The minimum Gasteiger partial charge on any atom is -0.0616 e. The first-order chi connectivity index (χ1) is 49.9. The van der Waals surface area contributed by atoms with Crippen molar-refractivity contribution in [3.05, 3.63) is 354 Å². The molecule has 0 radical (unpaired) electrons. The van der Waals surface area contributed by atoms with Crippen molar-refractivity contribution < 1.29 is 0 Å². The van der Waals surface area contributed by atoms with Crippen LogP contribution in [0.3, 0.4) is 0 Å². The molecule has 0 aliphatic heterocycles. The van der Waals surface area contributed by atoms with Crippen LogP contribution in [-0.2, 0) is 0 Å². The molecule has 18 aromatic carbocycles. The van der Waals surface area contributed by atoms with Crippen LogP contribution in [0.4, 0.5) is 0 Å². The first-order valence-electron chi connectivity index (χ1n) is 37.2. The van der Waals surface area contributed by atoms with E-state index in [0.29, 0.717) is 0 Å². The molecule has 18 rings (SSSR count). The van der Waals surface area contributed by atoms with E-state index >= 15 is 0 Å². The SMILES string of the molecule is Cc1c(C)c(C)c2c(C)c3c(C)c(C)c(C)c(C)c3c(C)c2c1C.Cc1c(C)c2ccccc2c2ccccc12.Cc1c2ccccc2c(C)c2ccccc12.Cc1ccc2c(ccc3cc(C)ccc32)c1.Cc1ccc2cc3cc(C)ccc3cc2c1.Cc1cccc2c1ccc1c(C)cccc12. The third-order valence-corrected chi connectivity index (χ3v) is 23.5. The van der Waals surface area contributed by atoms with Crippen molar-refractivity contribution >= 4 is 129 Å². The van der Waals surface area contributed by atoms with E-state index in [9.17, 15) is 0 Å². The van der Waals surface area contributed by atoms with Gasteiger partial charge in [0.1, 0.15) is 0 Å². The first-order valence-corrected chi connectivity index (χ1v) is 37.2. The van der Waals surface area contributed by atoms with Gasteiger partial charge in [-0.2, -0.15) is 0 Å². The lowest BCUT2D eigenvalue weighted by Crippen LogP contribution is -2.03. The molecule has 0 aliphatic carbocycles. The van der Waals surface area contributed by atoms with E-state index in [-0.39, 0.29) is 0 Å². The van der Waals surface area contributed by atoms with Gasteiger partial charge in [-0.3, -0.25) is 0 Å². The molecular formula is C104H100. The summed E-state index contributed by atoms with van der Waals surface area (Å²) in [6.07, 6.45) is 0. The van der Waals surface area contributed by atoms with E-state index in [1.54, 1.807) is 0 Å². The van der Waals surface area contributed by atoms with Crippen molar-refractivity contribution in [2.45, 2.75) is 138 Å². The van der Waals surface area contributed by atoms with Crippen LogP contribution in [0, 0.1) is 138 Å². The number of hydrogen-bond acceptors (Lipinski definition) is 0. The van der Waals surface area contributed by atoms with Gasteiger partial charge in [-0.1, -0.05) is 253 Å². The Balaban J connectivity index is 0.000000112. The Morgan fingerprint density at radius 3 is 0.663 bits per heavy atom. The maximum atomic E-state index is 2.33. The molecule has 0 nitrogen and oxygen atoms in total. The van der Waals surface area contributed by atoms with E-state index in [1.165, 1.54) is 241 Å². The van der Waals surface area contributed by atoms with Gasteiger partial charge in [-0.25, -0.2) is 0 Å². The summed E-state index contributed by atoms with van der Waals surface area (Å²) in [7, 11) is 0. The molecule has 0 heterocycles. The molecule has 0 bridgehead atoms. The van der Waals surface area contributed by atoms with Crippen LogP contribution in [0.5, 0.6) is 0 Å². The van der Waals surface area contributed by atoms with Gasteiger partial charge in [-0.05, 0) is 369 Å². The molecule has 0 fully saturated rings. The summed E-state index contributed by atoms with van der Waals surface area (Å²) in [6.45, 7) is 44.7. The Labute approximate surface area is 617 Å². The molecule has 0 saturated heterocycles. The minimum absolute atomic E-state index is 1.32. The monoisotopic (exact) mass is 1350 g/mol. The number of fused-ring (bicyclic) bond motifs is 15. The molecule has 0 unspecified atom stereocenters. The molecule has 516 valence electrons. The normalized spacial score (nSPS) is 11.3. The number of benzene rings is 18. The quantitative estimate of drug-likeness (QED) is 0.105. The van der Waals surface area contributed by atoms with Crippen molar-refractivity contribution in [3.63, 3.8) is 0 Å². The van der Waals surface area contributed by atoms with Gasteiger partial charge in [0.25, 0.3) is 0 Å². The highest BCUT2D eigenvalue weighted by Crippen LogP contribution is 2.43. The maximum Gasteiger partial charge on any atom is -0.0103 e. The topological polar surface area (TPSA) is 0 Å². The second kappa shape index (κ2) is 29.4. The fourth-order valence-electron chi connectivity index (χ4n) is 16.8. The van der Waals surface area contributed by atoms with Crippen molar-refractivity contribution in [1.82, 2.24) is 0 Å². The van der Waals surface area contributed by atoms with E-state index in [0.717, 1.165) is 0 Å². The highest BCUT2D eigenvalue weighted by molar-refractivity contribution is 6.14. The Kier molecular flexibility index (Phi) is 20.2. The first kappa shape index (κ1) is 71.5. The maximum absolute atomic E-state index is 2.33. The molecule has 0 amide bonds. The second-order valence-electron chi connectivity index (χ2n) is 29.9. The highest BCUT2D eigenvalue weighted by Gasteiger charge is 2.21. The van der Waals surface area contributed by atoms with Crippen molar-refractivity contribution in [3.8, 4) is 0 Å². The third-order valence-electron chi connectivity index (χ3n) is 23.5. The molecule has 0 heteroatoms. The molecule has 0 aliphatic rings. The zero-order valence-corrected chi connectivity index (χ0v) is 65.1. The summed E-state index contributed by atoms with van der Waals surface area (Å²) in [5.41, 5.74) is 28.0. The smallest absolute Gasteiger partial charge is 0.0103 e. The van der Waals surface area contributed by atoms with Crippen molar-refractivity contribution in [2.24, 2.45) is 0 Å². The molecule has 0 aromatic heterocycles. The third kappa shape index (κ3) is 13.4. The molecular weight excluding hydrogens is 1250 g/mol. The van der Waals surface area contributed by atoms with Crippen LogP contribution < -0.4 is 0 Å². The number of rotatable bonds is 0. The van der Waals surface area contributed by atoms with Gasteiger partial charge in [0, 0.05) is 0 Å². The summed E-state index contributed by atoms with van der Waals surface area (Å²) in [4.78, 5) is 0. The van der Waals surface area contributed by atoms with Crippen LogP contribution in [-0.4, -0.2) is 0 Å². The molecule has 0 N–H and O–H groups in total. The summed E-state index contributed by atoms with van der Waals surface area (Å²) in [5.74, 6) is 0. The average molecular weight is 1350 g/mol. The highest BCUT2D eigenvalue weighted by atomic mass is 14.3. The summed E-state index contributed by atoms with van der Waals surface area (Å²) >= 11 is 0. The van der Waals surface area contributed by atoms with Crippen LogP contribution in [0.25, 0.3) is 129 Å². The molecule has 0 saturated carbocycles. The Hall–Kier alpha value is -10.9. The van der Waals surface area contributed by atoms with E-state index in [2.05, 4.69) is 381 Å².